The first-order chi connectivity index (χ1) is 15.6. The minimum absolute atomic E-state index is 0.0249. The van der Waals surface area contributed by atoms with Gasteiger partial charge in [-0.1, -0.05) is 6.92 Å². The second kappa shape index (κ2) is 9.27. The Morgan fingerprint density at radius 3 is 2.52 bits per heavy atom. The number of hydrogen-bond donors (Lipinski definition) is 4. The van der Waals surface area contributed by atoms with Gasteiger partial charge < -0.3 is 30.2 Å². The van der Waals surface area contributed by atoms with Crippen molar-refractivity contribution < 1.29 is 24.6 Å². The van der Waals surface area contributed by atoms with E-state index >= 15 is 0 Å². The summed E-state index contributed by atoms with van der Waals surface area (Å²) in [4.78, 5) is 43.5. The lowest BCUT2D eigenvalue weighted by atomic mass is 9.79. The average Bonchev–Trinajstić information content (AvgIpc) is 3.18. The highest BCUT2D eigenvalue weighted by atomic mass is 32.2. The summed E-state index contributed by atoms with van der Waals surface area (Å²) in [6, 6.07) is -0.639. The van der Waals surface area contributed by atoms with E-state index in [1.54, 1.807) is 13.8 Å². The van der Waals surface area contributed by atoms with E-state index in [1.807, 2.05) is 16.7 Å². The van der Waals surface area contributed by atoms with Gasteiger partial charge in [-0.2, -0.15) is 0 Å². The molecule has 33 heavy (non-hydrogen) atoms. The van der Waals surface area contributed by atoms with Crippen molar-refractivity contribution in [1.29, 1.82) is 5.41 Å². The Morgan fingerprint density at radius 1 is 1.21 bits per heavy atom. The summed E-state index contributed by atoms with van der Waals surface area (Å²) in [6.07, 6.45) is 0.598. The number of nitrogens with one attached hydrogen (secondary N) is 2. The fraction of sp³-hybridized carbons (Fsp3) is 0.727. The highest BCUT2D eigenvalue weighted by molar-refractivity contribution is 8.03. The summed E-state index contributed by atoms with van der Waals surface area (Å²) in [6.45, 7) is 8.54. The number of nitrogens with zero attached hydrogens (tertiary/aromatic N) is 3. The van der Waals surface area contributed by atoms with Crippen LogP contribution in [0, 0.1) is 17.2 Å². The summed E-state index contributed by atoms with van der Waals surface area (Å²) in [5.74, 6) is -1.62. The van der Waals surface area contributed by atoms with E-state index in [9.17, 15) is 24.6 Å². The van der Waals surface area contributed by atoms with Crippen LogP contribution in [-0.4, -0.2) is 105 Å². The number of rotatable bonds is 5. The van der Waals surface area contributed by atoms with Crippen LogP contribution in [0.1, 0.15) is 33.6 Å². The Kier molecular flexibility index (Phi) is 6.75. The number of carbonyl (C=O) groups excluding carboxylic acids is 2. The summed E-state index contributed by atoms with van der Waals surface area (Å²) in [5.41, 5.74) is 0.0313. The maximum atomic E-state index is 13.1. The topological polar surface area (TPSA) is 137 Å². The largest absolute Gasteiger partial charge is 0.477 e. The molecule has 4 heterocycles. The molecule has 10 nitrogen and oxygen atoms in total. The molecule has 0 aromatic carbocycles. The lowest BCUT2D eigenvalue weighted by Crippen LogP contribution is -2.63. The van der Waals surface area contributed by atoms with Crippen molar-refractivity contribution in [2.45, 2.75) is 57.1 Å². The molecule has 5 unspecified atom stereocenters. The normalized spacial score (nSPS) is 33.0. The number of amidine groups is 1. The Bertz CT molecular complexity index is 892. The number of carboxylic acid groups (broad SMARTS) is 1. The van der Waals surface area contributed by atoms with Crippen LogP contribution in [0.3, 0.4) is 0 Å². The molecule has 2 amide bonds. The number of thioether (sulfide) groups is 1. The molecule has 4 aliphatic heterocycles. The first-order valence-corrected chi connectivity index (χ1v) is 12.5. The fourth-order valence-corrected chi connectivity index (χ4v) is 7.01. The van der Waals surface area contributed by atoms with E-state index in [0.717, 1.165) is 13.0 Å². The number of carboxylic acids is 1. The van der Waals surface area contributed by atoms with Gasteiger partial charge in [0.1, 0.15) is 5.70 Å². The van der Waals surface area contributed by atoms with Crippen molar-refractivity contribution >= 4 is 35.4 Å². The molecule has 4 N–H and O–H groups in total. The van der Waals surface area contributed by atoms with E-state index in [4.69, 9.17) is 5.41 Å². The number of aliphatic hydroxyl groups is 1. The third-order valence-electron chi connectivity index (χ3n) is 7.28. The molecule has 6 atom stereocenters. The molecule has 4 aliphatic rings. The van der Waals surface area contributed by atoms with Crippen molar-refractivity contribution in [2.24, 2.45) is 11.8 Å². The third-order valence-corrected chi connectivity index (χ3v) is 8.79. The fourth-order valence-electron chi connectivity index (χ4n) is 5.53. The molecule has 3 saturated heterocycles. The number of β-lactam (4-membered cyclic amide) rings is 1. The third kappa shape index (κ3) is 4.26. The molecule has 0 spiro atoms. The molecule has 0 aromatic rings. The molecule has 4 rings (SSSR count). The monoisotopic (exact) mass is 479 g/mol. The van der Waals surface area contributed by atoms with Gasteiger partial charge in [0.15, 0.2) is 0 Å². The zero-order valence-electron chi connectivity index (χ0n) is 19.3. The molecular formula is C22H33N5O5S. The van der Waals surface area contributed by atoms with Gasteiger partial charge in [0.2, 0.25) is 11.8 Å². The quantitative estimate of drug-likeness (QED) is 0.248. The average molecular weight is 480 g/mol. The number of carbonyl (C=O) groups is 3. The zero-order chi connectivity index (χ0) is 24.0. The van der Waals surface area contributed by atoms with Gasteiger partial charge >= 0.3 is 5.97 Å². The lowest BCUT2D eigenvalue weighted by molar-refractivity contribution is -0.163. The molecule has 0 saturated carbocycles. The maximum absolute atomic E-state index is 13.1. The van der Waals surface area contributed by atoms with Crippen molar-refractivity contribution in [2.75, 3.05) is 32.7 Å². The van der Waals surface area contributed by atoms with Crippen LogP contribution in [0.2, 0.25) is 0 Å². The molecule has 0 aliphatic carbocycles. The molecule has 0 bridgehead atoms. The van der Waals surface area contributed by atoms with Gasteiger partial charge in [-0.15, -0.1) is 11.8 Å². The van der Waals surface area contributed by atoms with Gasteiger partial charge in [0, 0.05) is 48.8 Å². The van der Waals surface area contributed by atoms with E-state index in [0.29, 0.717) is 43.3 Å². The molecular weight excluding hydrogens is 446 g/mol. The molecule has 182 valence electrons. The number of aliphatic carboxylic acids is 1. The Morgan fingerprint density at radius 2 is 1.88 bits per heavy atom. The second-order valence-corrected chi connectivity index (χ2v) is 10.8. The van der Waals surface area contributed by atoms with Gasteiger partial charge in [-0.3, -0.25) is 15.0 Å². The van der Waals surface area contributed by atoms with Gasteiger partial charge in [-0.05, 0) is 26.7 Å². The van der Waals surface area contributed by atoms with Crippen LogP contribution in [-0.2, 0) is 14.4 Å². The standard InChI is InChI=1S/C22H33N5O5S/c1-11-17-16(12(2)28)21(30)27(17)18(22(31)32)19(11)33-14-9-15(24-10-14)20(29)26-6-4-5-25(7-8-26)13(3)23/h11-12,14-17,23-24,28H,4-10H2,1-3H3,(H,31,32)/t11?,12?,14?,15?,16?,17-/m0/s1. The maximum Gasteiger partial charge on any atom is 0.353 e. The number of fused-ring (bicyclic) bond motifs is 1. The predicted molar refractivity (Wildman–Crippen MR) is 124 cm³/mol. The van der Waals surface area contributed by atoms with Crippen LogP contribution in [0.5, 0.6) is 0 Å². The van der Waals surface area contributed by atoms with E-state index in [1.165, 1.54) is 16.7 Å². The van der Waals surface area contributed by atoms with Crippen molar-refractivity contribution in [3.8, 4) is 0 Å². The van der Waals surface area contributed by atoms with Crippen molar-refractivity contribution in [3.05, 3.63) is 10.6 Å². The number of aliphatic hydroxyl groups excluding tert-OH is 1. The van der Waals surface area contributed by atoms with E-state index in [2.05, 4.69) is 5.32 Å². The summed E-state index contributed by atoms with van der Waals surface area (Å²) < 4.78 is 0. The molecule has 3 fully saturated rings. The lowest BCUT2D eigenvalue weighted by Gasteiger charge is -2.46. The Hall–Kier alpha value is -2.11. The highest BCUT2D eigenvalue weighted by Gasteiger charge is 2.60. The summed E-state index contributed by atoms with van der Waals surface area (Å²) >= 11 is 1.45. The molecule has 0 aromatic heterocycles. The van der Waals surface area contributed by atoms with Gasteiger partial charge in [0.25, 0.3) is 0 Å². The van der Waals surface area contributed by atoms with Crippen LogP contribution in [0.15, 0.2) is 10.6 Å². The number of hydrogen-bond acceptors (Lipinski definition) is 7. The predicted octanol–water partition coefficient (Wildman–Crippen LogP) is 0.135. The van der Waals surface area contributed by atoms with E-state index in [-0.39, 0.29) is 40.8 Å². The minimum Gasteiger partial charge on any atom is -0.477 e. The van der Waals surface area contributed by atoms with Crippen LogP contribution in [0.4, 0.5) is 0 Å². The number of amides is 2. The van der Waals surface area contributed by atoms with Gasteiger partial charge in [0.05, 0.1) is 29.9 Å². The highest BCUT2D eigenvalue weighted by Crippen LogP contribution is 2.51. The Balaban J connectivity index is 1.41. The smallest absolute Gasteiger partial charge is 0.353 e. The molecule has 0 radical (unpaired) electrons. The zero-order valence-corrected chi connectivity index (χ0v) is 20.1. The Labute approximate surface area is 197 Å². The van der Waals surface area contributed by atoms with Crippen molar-refractivity contribution in [3.63, 3.8) is 0 Å². The molecule has 11 heteroatoms. The van der Waals surface area contributed by atoms with Crippen LogP contribution in [0.25, 0.3) is 0 Å². The van der Waals surface area contributed by atoms with Gasteiger partial charge in [-0.25, -0.2) is 4.79 Å². The van der Waals surface area contributed by atoms with Crippen LogP contribution < -0.4 is 5.32 Å². The first kappa shape index (κ1) is 24.0. The SMILES string of the molecule is CC(=N)N1CCCN(C(=O)C2CC(SC3=C(C(=O)O)N4C(=O)C(C(C)O)[C@@H]4C3C)CN2)CC1. The minimum atomic E-state index is -1.13. The van der Waals surface area contributed by atoms with Crippen LogP contribution >= 0.6 is 11.8 Å². The summed E-state index contributed by atoms with van der Waals surface area (Å²) in [5, 5.41) is 31.0. The second-order valence-electron chi connectivity index (χ2n) is 9.46. The summed E-state index contributed by atoms with van der Waals surface area (Å²) in [7, 11) is 0. The van der Waals surface area contributed by atoms with E-state index < -0.39 is 18.0 Å². The first-order valence-electron chi connectivity index (χ1n) is 11.6. The van der Waals surface area contributed by atoms with Crippen molar-refractivity contribution in [1.82, 2.24) is 20.0 Å².